The van der Waals surface area contributed by atoms with E-state index in [9.17, 15) is 0 Å². The molecule has 5 nitrogen and oxygen atoms in total. The number of nitrogens with two attached hydrogens (primary N) is 1. The highest BCUT2D eigenvalue weighted by molar-refractivity contribution is 5.38. The summed E-state index contributed by atoms with van der Waals surface area (Å²) in [6.07, 6.45) is 7.43. The Labute approximate surface area is 102 Å². The first kappa shape index (κ1) is 12.1. The summed E-state index contributed by atoms with van der Waals surface area (Å²) in [6, 6.07) is 2.31. The molecular formula is C12H20N4O. The van der Waals surface area contributed by atoms with E-state index >= 15 is 0 Å². The van der Waals surface area contributed by atoms with Gasteiger partial charge in [0.05, 0.1) is 7.11 Å². The zero-order valence-electron chi connectivity index (χ0n) is 10.2. The monoisotopic (exact) mass is 236 g/mol. The van der Waals surface area contributed by atoms with Crippen LogP contribution in [0.3, 0.4) is 0 Å². The number of anilines is 1. The van der Waals surface area contributed by atoms with Crippen LogP contribution in [0.15, 0.2) is 12.4 Å². The second kappa shape index (κ2) is 5.82. The van der Waals surface area contributed by atoms with Crippen molar-refractivity contribution in [1.82, 2.24) is 9.97 Å². The molecule has 2 unspecified atom stereocenters. The maximum absolute atomic E-state index is 6.16. The summed E-state index contributed by atoms with van der Waals surface area (Å²) < 4.78 is 5.07. The van der Waals surface area contributed by atoms with Crippen LogP contribution in [0.25, 0.3) is 0 Å². The summed E-state index contributed by atoms with van der Waals surface area (Å²) in [7, 11) is 1.60. The van der Waals surface area contributed by atoms with Crippen LogP contribution < -0.4 is 15.8 Å². The van der Waals surface area contributed by atoms with Gasteiger partial charge in [0.1, 0.15) is 12.1 Å². The summed E-state index contributed by atoms with van der Waals surface area (Å²) in [4.78, 5) is 8.17. The minimum Gasteiger partial charge on any atom is -0.481 e. The fourth-order valence-corrected chi connectivity index (χ4v) is 2.24. The number of nitrogens with one attached hydrogen (secondary N) is 1. The summed E-state index contributed by atoms with van der Waals surface area (Å²) in [5.74, 6) is 1.36. The number of ether oxygens (including phenoxy) is 1. The lowest BCUT2D eigenvalue weighted by Crippen LogP contribution is -2.39. The van der Waals surface area contributed by atoms with Crippen molar-refractivity contribution in [3.8, 4) is 5.88 Å². The molecule has 0 radical (unpaired) electrons. The zero-order valence-corrected chi connectivity index (χ0v) is 10.2. The van der Waals surface area contributed by atoms with Crippen molar-refractivity contribution in [2.24, 2.45) is 5.73 Å². The average molecular weight is 236 g/mol. The van der Waals surface area contributed by atoms with Gasteiger partial charge in [0, 0.05) is 18.2 Å². The van der Waals surface area contributed by atoms with E-state index in [0.717, 1.165) is 18.7 Å². The molecule has 1 aliphatic rings. The third kappa shape index (κ3) is 3.30. The van der Waals surface area contributed by atoms with Crippen LogP contribution in [0.2, 0.25) is 0 Å². The van der Waals surface area contributed by atoms with E-state index in [1.165, 1.54) is 25.6 Å². The van der Waals surface area contributed by atoms with Crippen LogP contribution in [0, 0.1) is 0 Å². The summed E-state index contributed by atoms with van der Waals surface area (Å²) in [5.41, 5.74) is 6.16. The van der Waals surface area contributed by atoms with Gasteiger partial charge in [-0.05, 0) is 12.8 Å². The van der Waals surface area contributed by atoms with Gasteiger partial charge in [-0.25, -0.2) is 9.97 Å². The number of aromatic nitrogens is 2. The molecule has 0 saturated heterocycles. The Bertz CT molecular complexity index is 358. The predicted molar refractivity (Wildman–Crippen MR) is 67.1 cm³/mol. The highest BCUT2D eigenvalue weighted by Crippen LogP contribution is 2.20. The topological polar surface area (TPSA) is 73.1 Å². The summed E-state index contributed by atoms with van der Waals surface area (Å²) in [5, 5.41) is 3.39. The highest BCUT2D eigenvalue weighted by Gasteiger charge is 2.20. The Morgan fingerprint density at radius 2 is 2.12 bits per heavy atom. The van der Waals surface area contributed by atoms with Gasteiger partial charge in [0.2, 0.25) is 5.88 Å². The van der Waals surface area contributed by atoms with Gasteiger partial charge in [-0.2, -0.15) is 0 Å². The molecule has 1 saturated carbocycles. The van der Waals surface area contributed by atoms with Gasteiger partial charge < -0.3 is 15.8 Å². The van der Waals surface area contributed by atoms with Crippen LogP contribution in [0.1, 0.15) is 32.1 Å². The van der Waals surface area contributed by atoms with Crippen LogP contribution in [0.5, 0.6) is 5.88 Å². The zero-order chi connectivity index (χ0) is 12.1. The first-order valence-corrected chi connectivity index (χ1v) is 6.18. The molecule has 0 amide bonds. The van der Waals surface area contributed by atoms with Gasteiger partial charge in [-0.15, -0.1) is 0 Å². The van der Waals surface area contributed by atoms with E-state index in [-0.39, 0.29) is 6.04 Å². The van der Waals surface area contributed by atoms with Crippen LogP contribution in [-0.4, -0.2) is 29.2 Å². The molecule has 17 heavy (non-hydrogen) atoms. The molecule has 0 aliphatic heterocycles. The Kier molecular flexibility index (Phi) is 4.14. The normalized spacial score (nSPS) is 25.1. The van der Waals surface area contributed by atoms with Crippen LogP contribution in [0.4, 0.5) is 5.82 Å². The molecule has 94 valence electrons. The molecule has 2 atom stereocenters. The second-order valence-corrected chi connectivity index (χ2v) is 4.50. The molecule has 3 N–H and O–H groups in total. The number of nitrogens with zero attached hydrogens (tertiary/aromatic N) is 2. The van der Waals surface area contributed by atoms with Gasteiger partial charge in [-0.3, -0.25) is 0 Å². The standard InChI is InChI=1S/C12H20N4O/c1-17-12-7-11(14-8-15-12)16-10-6-4-2-3-5-9(10)13/h7-10H,2-6,13H2,1H3,(H,14,15,16). The smallest absolute Gasteiger partial charge is 0.218 e. The van der Waals surface area contributed by atoms with E-state index in [4.69, 9.17) is 10.5 Å². The minimum absolute atomic E-state index is 0.207. The van der Waals surface area contributed by atoms with Crippen molar-refractivity contribution in [2.45, 2.75) is 44.2 Å². The maximum Gasteiger partial charge on any atom is 0.218 e. The van der Waals surface area contributed by atoms with Gasteiger partial charge in [0.15, 0.2) is 0 Å². The Balaban J connectivity index is 2.02. The average Bonchev–Trinajstić information content (AvgIpc) is 2.55. The van der Waals surface area contributed by atoms with E-state index in [1.807, 2.05) is 0 Å². The fraction of sp³-hybridized carbons (Fsp3) is 0.667. The van der Waals surface area contributed by atoms with E-state index in [2.05, 4.69) is 15.3 Å². The number of hydrogen-bond acceptors (Lipinski definition) is 5. The molecule has 1 aromatic heterocycles. The van der Waals surface area contributed by atoms with Crippen molar-refractivity contribution in [3.63, 3.8) is 0 Å². The largest absolute Gasteiger partial charge is 0.481 e. The third-order valence-electron chi connectivity index (χ3n) is 3.25. The van der Waals surface area contributed by atoms with Crippen LogP contribution in [-0.2, 0) is 0 Å². The van der Waals surface area contributed by atoms with E-state index in [0.29, 0.717) is 11.9 Å². The van der Waals surface area contributed by atoms with E-state index in [1.54, 1.807) is 13.2 Å². The van der Waals surface area contributed by atoms with E-state index < -0.39 is 0 Å². The Morgan fingerprint density at radius 1 is 1.29 bits per heavy atom. The first-order valence-electron chi connectivity index (χ1n) is 6.18. The molecule has 0 spiro atoms. The minimum atomic E-state index is 0.207. The maximum atomic E-state index is 6.16. The van der Waals surface area contributed by atoms with Gasteiger partial charge in [0.25, 0.3) is 0 Å². The lowest BCUT2D eigenvalue weighted by Gasteiger charge is -2.23. The molecular weight excluding hydrogens is 216 g/mol. The number of rotatable bonds is 3. The number of methoxy groups -OCH3 is 1. The summed E-state index contributed by atoms with van der Waals surface area (Å²) in [6.45, 7) is 0. The van der Waals surface area contributed by atoms with Gasteiger partial charge >= 0.3 is 0 Å². The van der Waals surface area contributed by atoms with Crippen molar-refractivity contribution < 1.29 is 4.74 Å². The quantitative estimate of drug-likeness (QED) is 0.779. The number of hydrogen-bond donors (Lipinski definition) is 2. The molecule has 1 aromatic rings. The Hall–Kier alpha value is -1.36. The van der Waals surface area contributed by atoms with Gasteiger partial charge in [-0.1, -0.05) is 19.3 Å². The predicted octanol–water partition coefficient (Wildman–Crippen LogP) is 1.56. The second-order valence-electron chi connectivity index (χ2n) is 4.50. The molecule has 0 bridgehead atoms. The lowest BCUT2D eigenvalue weighted by molar-refractivity contribution is 0.397. The van der Waals surface area contributed by atoms with Crippen molar-refractivity contribution in [2.75, 3.05) is 12.4 Å². The molecule has 1 aliphatic carbocycles. The molecule has 1 fully saturated rings. The fourth-order valence-electron chi connectivity index (χ4n) is 2.24. The summed E-state index contributed by atoms with van der Waals surface area (Å²) >= 11 is 0. The molecule has 2 rings (SSSR count). The van der Waals surface area contributed by atoms with Crippen LogP contribution >= 0.6 is 0 Å². The lowest BCUT2D eigenvalue weighted by atomic mass is 10.0. The highest BCUT2D eigenvalue weighted by atomic mass is 16.5. The third-order valence-corrected chi connectivity index (χ3v) is 3.25. The SMILES string of the molecule is COc1cc(NC2CCCCCC2N)ncn1. The molecule has 1 heterocycles. The Morgan fingerprint density at radius 3 is 2.94 bits per heavy atom. The first-order chi connectivity index (χ1) is 8.29. The molecule has 5 heteroatoms. The van der Waals surface area contributed by atoms with Crippen molar-refractivity contribution in [1.29, 1.82) is 0 Å². The molecule has 0 aromatic carbocycles. The van der Waals surface area contributed by atoms with Crippen molar-refractivity contribution >= 4 is 5.82 Å². The van der Waals surface area contributed by atoms with Crippen molar-refractivity contribution in [3.05, 3.63) is 12.4 Å².